The molecule has 1 aliphatic rings. The van der Waals surface area contributed by atoms with Crippen molar-refractivity contribution in [2.24, 2.45) is 0 Å². The summed E-state index contributed by atoms with van der Waals surface area (Å²) in [6.45, 7) is 0. The van der Waals surface area contributed by atoms with E-state index in [1.54, 1.807) is 31.1 Å². The lowest BCUT2D eigenvalue weighted by Gasteiger charge is -2.27. The Hall–Kier alpha value is -3.36. The van der Waals surface area contributed by atoms with Crippen LogP contribution in [0.1, 0.15) is 22.1 Å². The van der Waals surface area contributed by atoms with Crippen LogP contribution in [0.2, 0.25) is 0 Å². The Morgan fingerprint density at radius 2 is 1.79 bits per heavy atom. The lowest BCUT2D eigenvalue weighted by molar-refractivity contribution is 0.0829. The highest BCUT2D eigenvalue weighted by molar-refractivity contribution is 7.80. The van der Waals surface area contributed by atoms with Crippen molar-refractivity contribution in [1.29, 1.82) is 0 Å². The van der Waals surface area contributed by atoms with Crippen molar-refractivity contribution in [3.05, 3.63) is 65.7 Å². The largest absolute Gasteiger partial charge is 0.508 e. The van der Waals surface area contributed by atoms with Gasteiger partial charge >= 0.3 is 0 Å². The first kappa shape index (κ1) is 19.0. The Labute approximate surface area is 173 Å². The smallest absolute Gasteiger partial charge is 0.253 e. The van der Waals surface area contributed by atoms with Gasteiger partial charge in [0.15, 0.2) is 5.11 Å². The Morgan fingerprint density at radius 1 is 1.07 bits per heavy atom. The number of amides is 1. The summed E-state index contributed by atoms with van der Waals surface area (Å²) in [7, 11) is 3.44. The van der Waals surface area contributed by atoms with Crippen LogP contribution in [0.3, 0.4) is 0 Å². The quantitative estimate of drug-likeness (QED) is 0.496. The highest BCUT2D eigenvalue weighted by atomic mass is 32.1. The molecule has 1 heterocycles. The second kappa shape index (κ2) is 7.23. The normalized spacial score (nSPS) is 16.1. The summed E-state index contributed by atoms with van der Waals surface area (Å²) in [5.74, 6) is -0.160. The van der Waals surface area contributed by atoms with Gasteiger partial charge in [0, 0.05) is 36.7 Å². The van der Waals surface area contributed by atoms with E-state index in [0.29, 0.717) is 16.2 Å². The number of nitrogens with one attached hydrogen (secondary N) is 2. The van der Waals surface area contributed by atoms with Gasteiger partial charge in [-0.25, -0.2) is 5.43 Å². The van der Waals surface area contributed by atoms with Crippen molar-refractivity contribution < 1.29 is 15.0 Å². The van der Waals surface area contributed by atoms with E-state index in [0.717, 1.165) is 16.5 Å². The van der Waals surface area contributed by atoms with Crippen LogP contribution < -0.4 is 15.8 Å². The summed E-state index contributed by atoms with van der Waals surface area (Å²) in [5, 5.41) is 22.1. The summed E-state index contributed by atoms with van der Waals surface area (Å²) in [6, 6.07) is 15.7. The predicted octanol–water partition coefficient (Wildman–Crippen LogP) is 2.85. The number of aromatic hydroxyl groups is 2. The number of phenols is 2. The monoisotopic (exact) mass is 408 g/mol. The summed E-state index contributed by atoms with van der Waals surface area (Å²) in [6.07, 6.45) is -0.498. The Bertz CT molecular complexity index is 1130. The van der Waals surface area contributed by atoms with E-state index in [1.165, 1.54) is 12.1 Å². The van der Waals surface area contributed by atoms with Gasteiger partial charge in [-0.05, 0) is 41.9 Å². The molecule has 1 unspecified atom stereocenters. The first-order valence-electron chi connectivity index (χ1n) is 8.98. The van der Waals surface area contributed by atoms with Crippen LogP contribution in [-0.2, 0) is 0 Å². The molecule has 3 aromatic carbocycles. The molecule has 148 valence electrons. The maximum Gasteiger partial charge on any atom is 0.253 e. The molecule has 7 nitrogen and oxygen atoms in total. The first-order chi connectivity index (χ1) is 13.9. The SMILES string of the molecule is CN(C)C(=O)c1ccc(N2C(=S)NNC2c2ccc(O)cc2O)c2ccccc12. The van der Waals surface area contributed by atoms with Crippen molar-refractivity contribution in [2.45, 2.75) is 6.17 Å². The molecular formula is C21H20N4O3S. The zero-order valence-electron chi connectivity index (χ0n) is 15.9. The molecular weight excluding hydrogens is 388 g/mol. The minimum atomic E-state index is -0.498. The van der Waals surface area contributed by atoms with Crippen molar-refractivity contribution in [3.63, 3.8) is 0 Å². The molecule has 0 bridgehead atoms. The van der Waals surface area contributed by atoms with Gasteiger partial charge in [0.25, 0.3) is 5.91 Å². The van der Waals surface area contributed by atoms with Gasteiger partial charge < -0.3 is 15.1 Å². The Kier molecular flexibility index (Phi) is 4.73. The van der Waals surface area contributed by atoms with E-state index >= 15 is 0 Å². The molecule has 4 N–H and O–H groups in total. The number of hydrogen-bond acceptors (Lipinski definition) is 5. The molecule has 0 saturated carbocycles. The molecule has 4 rings (SSSR count). The van der Waals surface area contributed by atoms with Gasteiger partial charge in [-0.2, -0.15) is 0 Å². The Morgan fingerprint density at radius 3 is 2.48 bits per heavy atom. The lowest BCUT2D eigenvalue weighted by Crippen LogP contribution is -2.30. The number of phenolic OH excluding ortho intramolecular Hbond substituents is 2. The molecule has 1 amide bonds. The summed E-state index contributed by atoms with van der Waals surface area (Å²) >= 11 is 5.50. The van der Waals surface area contributed by atoms with Crippen LogP contribution >= 0.6 is 12.2 Å². The third-order valence-electron chi connectivity index (χ3n) is 4.90. The zero-order valence-corrected chi connectivity index (χ0v) is 16.7. The minimum Gasteiger partial charge on any atom is -0.508 e. The standard InChI is InChI=1S/C21H20N4O3S/c1-24(2)20(28)15-9-10-17(14-6-4-3-5-13(14)15)25-19(22-23-21(25)29)16-8-7-12(26)11-18(16)27/h3-11,19,22,26-27H,1-2H3,(H,23,29). The summed E-state index contributed by atoms with van der Waals surface area (Å²) in [5.41, 5.74) is 7.95. The Balaban J connectivity index is 1.88. The number of fused-ring (bicyclic) bond motifs is 1. The number of benzene rings is 3. The summed E-state index contributed by atoms with van der Waals surface area (Å²) < 4.78 is 0. The highest BCUT2D eigenvalue weighted by Gasteiger charge is 2.33. The topological polar surface area (TPSA) is 88.1 Å². The molecule has 29 heavy (non-hydrogen) atoms. The van der Waals surface area contributed by atoms with Crippen molar-refractivity contribution in [2.75, 3.05) is 19.0 Å². The van der Waals surface area contributed by atoms with Crippen LogP contribution in [0.15, 0.2) is 54.6 Å². The van der Waals surface area contributed by atoms with Gasteiger partial charge in [-0.1, -0.05) is 24.3 Å². The second-order valence-electron chi connectivity index (χ2n) is 6.97. The van der Waals surface area contributed by atoms with E-state index < -0.39 is 6.17 Å². The number of carbonyl (C=O) groups is 1. The van der Waals surface area contributed by atoms with Crippen molar-refractivity contribution in [3.8, 4) is 11.5 Å². The van der Waals surface area contributed by atoms with E-state index in [4.69, 9.17) is 12.2 Å². The maximum atomic E-state index is 12.6. The molecule has 1 fully saturated rings. The molecule has 1 saturated heterocycles. The minimum absolute atomic E-state index is 0.0247. The highest BCUT2D eigenvalue weighted by Crippen LogP contribution is 2.38. The van der Waals surface area contributed by atoms with E-state index in [2.05, 4.69) is 10.9 Å². The molecule has 8 heteroatoms. The van der Waals surface area contributed by atoms with Crippen molar-refractivity contribution >= 4 is 39.7 Å². The second-order valence-corrected chi connectivity index (χ2v) is 7.35. The molecule has 0 aliphatic carbocycles. The average molecular weight is 408 g/mol. The molecule has 0 spiro atoms. The number of hydrazine groups is 1. The van der Waals surface area contributed by atoms with Crippen LogP contribution in [0.4, 0.5) is 5.69 Å². The number of rotatable bonds is 3. The van der Waals surface area contributed by atoms with Crippen LogP contribution in [-0.4, -0.2) is 40.2 Å². The molecule has 0 aromatic heterocycles. The third kappa shape index (κ3) is 3.22. The fraction of sp³-hybridized carbons (Fsp3) is 0.143. The van der Waals surface area contributed by atoms with Gasteiger partial charge in [-0.3, -0.25) is 15.1 Å². The van der Waals surface area contributed by atoms with Gasteiger partial charge in [0.2, 0.25) is 0 Å². The van der Waals surface area contributed by atoms with Crippen molar-refractivity contribution in [1.82, 2.24) is 15.8 Å². The average Bonchev–Trinajstić information content (AvgIpc) is 3.07. The molecule has 1 aliphatic heterocycles. The van der Waals surface area contributed by atoms with Crippen LogP contribution in [0.25, 0.3) is 10.8 Å². The number of nitrogens with zero attached hydrogens (tertiary/aromatic N) is 2. The number of thiocarbonyl (C=S) groups is 1. The van der Waals surface area contributed by atoms with Gasteiger partial charge in [0.05, 0.1) is 5.69 Å². The molecule has 3 aromatic rings. The van der Waals surface area contributed by atoms with E-state index in [9.17, 15) is 15.0 Å². The van der Waals surface area contributed by atoms with Crippen LogP contribution in [0.5, 0.6) is 11.5 Å². The summed E-state index contributed by atoms with van der Waals surface area (Å²) in [4.78, 5) is 16.0. The fourth-order valence-corrected chi connectivity index (χ4v) is 3.78. The van der Waals surface area contributed by atoms with Gasteiger partial charge in [-0.15, -0.1) is 0 Å². The lowest BCUT2D eigenvalue weighted by atomic mass is 10.0. The van der Waals surface area contributed by atoms with Crippen LogP contribution in [0, 0.1) is 0 Å². The number of hydrogen-bond donors (Lipinski definition) is 4. The molecule has 1 atom stereocenters. The van der Waals surface area contributed by atoms with Gasteiger partial charge in [0.1, 0.15) is 17.7 Å². The zero-order chi connectivity index (χ0) is 20.7. The van der Waals surface area contributed by atoms with E-state index in [-0.39, 0.29) is 17.4 Å². The number of carbonyl (C=O) groups excluding carboxylic acids is 1. The maximum absolute atomic E-state index is 12.6. The predicted molar refractivity (Wildman–Crippen MR) is 116 cm³/mol. The molecule has 0 radical (unpaired) electrons. The number of anilines is 1. The van der Waals surface area contributed by atoms with E-state index in [1.807, 2.05) is 35.2 Å². The first-order valence-corrected chi connectivity index (χ1v) is 9.39. The third-order valence-corrected chi connectivity index (χ3v) is 5.20. The fourth-order valence-electron chi connectivity index (χ4n) is 3.52.